The molecule has 1 heterocycles. The summed E-state index contributed by atoms with van der Waals surface area (Å²) in [5, 5.41) is 6.98. The lowest BCUT2D eigenvalue weighted by Crippen LogP contribution is -2.24. The highest BCUT2D eigenvalue weighted by Crippen LogP contribution is 2.29. The molecule has 1 aliphatic heterocycles. The predicted molar refractivity (Wildman–Crippen MR) is 74.7 cm³/mol. The van der Waals surface area contributed by atoms with Gasteiger partial charge in [-0.1, -0.05) is 13.0 Å². The average Bonchev–Trinajstić information content (AvgIpc) is 2.64. The Balaban J connectivity index is 2.03. The minimum atomic E-state index is -0.0352. The van der Waals surface area contributed by atoms with E-state index in [1.54, 1.807) is 0 Å². The molecule has 3 nitrogen and oxygen atoms in total. The average molecular weight is 250 g/mol. The third-order valence-electron chi connectivity index (χ3n) is 2.91. The number of amides is 1. The van der Waals surface area contributed by atoms with E-state index in [0.29, 0.717) is 11.3 Å². The molecular weight excluding hydrogens is 232 g/mol. The number of nitrogens with one attached hydrogen (secondary N) is 2. The van der Waals surface area contributed by atoms with Crippen molar-refractivity contribution >= 4 is 29.0 Å². The fourth-order valence-corrected chi connectivity index (χ4v) is 3.22. The van der Waals surface area contributed by atoms with Gasteiger partial charge in [0.05, 0.1) is 0 Å². The van der Waals surface area contributed by atoms with Gasteiger partial charge >= 0.3 is 0 Å². The van der Waals surface area contributed by atoms with Crippen LogP contribution in [0.3, 0.4) is 0 Å². The molecule has 0 aliphatic carbocycles. The van der Waals surface area contributed by atoms with E-state index in [1.807, 2.05) is 36.0 Å². The van der Waals surface area contributed by atoms with Crippen molar-refractivity contribution in [1.29, 1.82) is 0 Å². The van der Waals surface area contributed by atoms with Crippen molar-refractivity contribution in [3.8, 4) is 0 Å². The van der Waals surface area contributed by atoms with Gasteiger partial charge in [-0.3, -0.25) is 4.79 Å². The maximum Gasteiger partial charge on any atom is 0.221 e. The van der Waals surface area contributed by atoms with Gasteiger partial charge in [-0.25, -0.2) is 0 Å². The van der Waals surface area contributed by atoms with Crippen molar-refractivity contribution in [2.45, 2.75) is 31.6 Å². The van der Waals surface area contributed by atoms with E-state index >= 15 is 0 Å². The zero-order chi connectivity index (χ0) is 12.3. The third kappa shape index (κ3) is 3.40. The molecule has 0 radical (unpaired) electrons. The van der Waals surface area contributed by atoms with Gasteiger partial charge in [-0.15, -0.1) is 0 Å². The molecule has 2 atom stereocenters. The number of carbonyl (C=O) groups excluding carboxylic acids is 1. The number of thioether (sulfide) groups is 1. The Bertz CT molecular complexity index is 408. The zero-order valence-corrected chi connectivity index (χ0v) is 11.0. The summed E-state index contributed by atoms with van der Waals surface area (Å²) in [5.74, 6) is 1.19. The summed E-state index contributed by atoms with van der Waals surface area (Å²) >= 11 is 2.01. The standard InChI is InChI=1S/C13H18N2OS/c1-9-13(6-7-17-9)15-12-5-3-4-11(8-12)14-10(2)16/h3-5,8-9,13,15H,6-7H2,1-2H3,(H,14,16). The quantitative estimate of drug-likeness (QED) is 0.866. The van der Waals surface area contributed by atoms with Crippen molar-refractivity contribution in [3.63, 3.8) is 0 Å². The highest BCUT2D eigenvalue weighted by molar-refractivity contribution is 8.00. The monoisotopic (exact) mass is 250 g/mol. The molecule has 17 heavy (non-hydrogen) atoms. The summed E-state index contributed by atoms with van der Waals surface area (Å²) in [6.45, 7) is 3.78. The maximum atomic E-state index is 11.0. The van der Waals surface area contributed by atoms with Gasteiger partial charge in [0.1, 0.15) is 0 Å². The first-order chi connectivity index (χ1) is 8.15. The van der Waals surface area contributed by atoms with E-state index in [-0.39, 0.29) is 5.91 Å². The van der Waals surface area contributed by atoms with Crippen LogP contribution in [0.5, 0.6) is 0 Å². The largest absolute Gasteiger partial charge is 0.381 e. The van der Waals surface area contributed by atoms with Crippen LogP contribution in [0.4, 0.5) is 11.4 Å². The van der Waals surface area contributed by atoms with Crippen molar-refractivity contribution in [2.75, 3.05) is 16.4 Å². The van der Waals surface area contributed by atoms with Crippen molar-refractivity contribution in [1.82, 2.24) is 0 Å². The molecule has 4 heteroatoms. The number of benzene rings is 1. The van der Waals surface area contributed by atoms with E-state index in [9.17, 15) is 4.79 Å². The van der Waals surface area contributed by atoms with Gasteiger partial charge in [0.2, 0.25) is 5.91 Å². The van der Waals surface area contributed by atoms with Crippen LogP contribution in [0, 0.1) is 0 Å². The molecule has 1 aromatic rings. The van der Waals surface area contributed by atoms with Crippen molar-refractivity contribution in [2.24, 2.45) is 0 Å². The molecule has 0 bridgehead atoms. The molecule has 0 spiro atoms. The van der Waals surface area contributed by atoms with E-state index in [4.69, 9.17) is 0 Å². The molecule has 1 amide bonds. The van der Waals surface area contributed by atoms with Crippen LogP contribution in [0.1, 0.15) is 20.3 Å². The number of hydrogen-bond donors (Lipinski definition) is 2. The van der Waals surface area contributed by atoms with Gasteiger partial charge in [0.15, 0.2) is 0 Å². The first-order valence-electron chi connectivity index (χ1n) is 5.91. The molecule has 2 rings (SSSR count). The second-order valence-corrected chi connectivity index (χ2v) is 5.86. The van der Waals surface area contributed by atoms with Crippen LogP contribution >= 0.6 is 11.8 Å². The van der Waals surface area contributed by atoms with Crippen LogP contribution in [0.2, 0.25) is 0 Å². The third-order valence-corrected chi connectivity index (χ3v) is 4.24. The van der Waals surface area contributed by atoms with Crippen LogP contribution in [-0.2, 0) is 4.79 Å². The molecular formula is C13H18N2OS. The van der Waals surface area contributed by atoms with Gasteiger partial charge in [0, 0.05) is 29.6 Å². The molecule has 1 aromatic carbocycles. The number of rotatable bonds is 3. The number of anilines is 2. The Kier molecular flexibility index (Phi) is 3.94. The first-order valence-corrected chi connectivity index (χ1v) is 6.96. The lowest BCUT2D eigenvalue weighted by molar-refractivity contribution is -0.114. The second kappa shape index (κ2) is 5.45. The molecule has 0 aromatic heterocycles. The molecule has 1 fully saturated rings. The molecule has 2 unspecified atom stereocenters. The fourth-order valence-electron chi connectivity index (χ4n) is 2.03. The number of carbonyl (C=O) groups is 1. The van der Waals surface area contributed by atoms with Crippen LogP contribution < -0.4 is 10.6 Å². The molecule has 1 aliphatic rings. The normalized spacial score (nSPS) is 23.4. The van der Waals surface area contributed by atoms with Gasteiger partial charge in [-0.2, -0.15) is 11.8 Å². The summed E-state index contributed by atoms with van der Waals surface area (Å²) in [6, 6.07) is 8.42. The minimum absolute atomic E-state index is 0.0352. The lowest BCUT2D eigenvalue weighted by Gasteiger charge is -2.18. The van der Waals surface area contributed by atoms with Crippen molar-refractivity contribution in [3.05, 3.63) is 24.3 Å². The number of hydrogen-bond acceptors (Lipinski definition) is 3. The summed E-state index contributed by atoms with van der Waals surface area (Å²) < 4.78 is 0. The molecule has 2 N–H and O–H groups in total. The zero-order valence-electron chi connectivity index (χ0n) is 10.2. The lowest BCUT2D eigenvalue weighted by atomic mass is 10.1. The Morgan fingerprint density at radius 1 is 1.41 bits per heavy atom. The second-order valence-electron chi connectivity index (χ2n) is 4.38. The van der Waals surface area contributed by atoms with E-state index in [2.05, 4.69) is 17.6 Å². The van der Waals surface area contributed by atoms with Gasteiger partial charge in [0.25, 0.3) is 0 Å². The van der Waals surface area contributed by atoms with Crippen LogP contribution in [-0.4, -0.2) is 23.0 Å². The minimum Gasteiger partial charge on any atom is -0.381 e. The summed E-state index contributed by atoms with van der Waals surface area (Å²) in [6.07, 6.45) is 1.20. The summed E-state index contributed by atoms with van der Waals surface area (Å²) in [5.41, 5.74) is 1.93. The van der Waals surface area contributed by atoms with Crippen LogP contribution in [0.25, 0.3) is 0 Å². The first kappa shape index (κ1) is 12.3. The van der Waals surface area contributed by atoms with E-state index in [0.717, 1.165) is 11.4 Å². The Morgan fingerprint density at radius 2 is 2.18 bits per heavy atom. The van der Waals surface area contributed by atoms with E-state index < -0.39 is 0 Å². The summed E-state index contributed by atoms with van der Waals surface area (Å²) in [4.78, 5) is 11.0. The van der Waals surface area contributed by atoms with E-state index in [1.165, 1.54) is 19.1 Å². The molecule has 92 valence electrons. The van der Waals surface area contributed by atoms with Crippen LogP contribution in [0.15, 0.2) is 24.3 Å². The predicted octanol–water partition coefficient (Wildman–Crippen LogP) is 2.95. The fraction of sp³-hybridized carbons (Fsp3) is 0.462. The molecule has 1 saturated heterocycles. The smallest absolute Gasteiger partial charge is 0.221 e. The summed E-state index contributed by atoms with van der Waals surface area (Å²) in [7, 11) is 0. The Hall–Kier alpha value is -1.16. The highest BCUT2D eigenvalue weighted by atomic mass is 32.2. The highest BCUT2D eigenvalue weighted by Gasteiger charge is 2.23. The van der Waals surface area contributed by atoms with Gasteiger partial charge in [-0.05, 0) is 30.4 Å². The Labute approximate surface area is 106 Å². The topological polar surface area (TPSA) is 41.1 Å². The Morgan fingerprint density at radius 3 is 2.82 bits per heavy atom. The maximum absolute atomic E-state index is 11.0. The SMILES string of the molecule is CC(=O)Nc1cccc(NC2CCSC2C)c1. The van der Waals surface area contributed by atoms with Crippen molar-refractivity contribution < 1.29 is 4.79 Å². The van der Waals surface area contributed by atoms with Gasteiger partial charge < -0.3 is 10.6 Å². The molecule has 0 saturated carbocycles.